The van der Waals surface area contributed by atoms with Crippen LogP contribution in [0.4, 0.5) is 4.79 Å². The van der Waals surface area contributed by atoms with Crippen molar-refractivity contribution in [1.82, 2.24) is 5.32 Å². The number of rotatable bonds is 5. The second kappa shape index (κ2) is 7.68. The Balaban J connectivity index is 2.18. The van der Waals surface area contributed by atoms with Crippen LogP contribution in [0.3, 0.4) is 0 Å². The quantitative estimate of drug-likeness (QED) is 0.784. The summed E-state index contributed by atoms with van der Waals surface area (Å²) in [4.78, 5) is 22.1. The molecule has 0 aliphatic carbocycles. The SMILES string of the molecule is N#CCOC(=O)CNC(=O)OCc1ccccc1. The van der Waals surface area contributed by atoms with Crippen molar-refractivity contribution < 1.29 is 19.1 Å². The topological polar surface area (TPSA) is 88.4 Å². The van der Waals surface area contributed by atoms with Crippen LogP contribution in [0.5, 0.6) is 0 Å². The van der Waals surface area contributed by atoms with Gasteiger partial charge >= 0.3 is 12.1 Å². The van der Waals surface area contributed by atoms with Gasteiger partial charge in [-0.1, -0.05) is 30.3 Å². The Kier molecular flexibility index (Phi) is 5.77. The molecular formula is C12H12N2O4. The lowest BCUT2D eigenvalue weighted by Crippen LogP contribution is -2.31. The summed E-state index contributed by atoms with van der Waals surface area (Å²) in [6.45, 7) is -0.533. The molecule has 0 bridgehead atoms. The number of amides is 1. The van der Waals surface area contributed by atoms with Crippen LogP contribution in [0.15, 0.2) is 30.3 Å². The molecule has 6 nitrogen and oxygen atoms in total. The maximum atomic E-state index is 11.2. The van der Waals surface area contributed by atoms with Crippen molar-refractivity contribution in [2.45, 2.75) is 6.61 Å². The number of carbonyl (C=O) groups excluding carboxylic acids is 2. The Bertz CT molecular complexity index is 439. The number of alkyl carbamates (subject to hydrolysis) is 1. The minimum absolute atomic E-state index is 0.125. The van der Waals surface area contributed by atoms with Gasteiger partial charge in [-0.2, -0.15) is 5.26 Å². The standard InChI is InChI=1S/C12H12N2O4/c13-6-7-17-11(15)8-14-12(16)18-9-10-4-2-1-3-5-10/h1-5H,7-9H2,(H,14,16). The summed E-state index contributed by atoms with van der Waals surface area (Å²) in [6.07, 6.45) is -0.715. The first-order valence-corrected chi connectivity index (χ1v) is 5.19. The molecule has 1 N–H and O–H groups in total. The van der Waals surface area contributed by atoms with E-state index in [1.807, 2.05) is 30.3 Å². The van der Waals surface area contributed by atoms with Crippen molar-refractivity contribution in [2.75, 3.05) is 13.2 Å². The van der Waals surface area contributed by atoms with Crippen LogP contribution in [-0.2, 0) is 20.9 Å². The Morgan fingerprint density at radius 1 is 1.22 bits per heavy atom. The second-order valence-electron chi connectivity index (χ2n) is 3.23. The highest BCUT2D eigenvalue weighted by Crippen LogP contribution is 2.00. The number of carbonyl (C=O) groups is 2. The lowest BCUT2D eigenvalue weighted by atomic mass is 10.2. The average molecular weight is 248 g/mol. The Labute approximate surface area is 104 Å². The zero-order valence-corrected chi connectivity index (χ0v) is 9.59. The van der Waals surface area contributed by atoms with Crippen molar-refractivity contribution >= 4 is 12.1 Å². The maximum Gasteiger partial charge on any atom is 0.407 e. The molecule has 1 rings (SSSR count). The number of nitrogens with one attached hydrogen (secondary N) is 1. The predicted octanol–water partition coefficient (Wildman–Crippen LogP) is 0.980. The molecule has 0 fully saturated rings. The molecule has 0 aliphatic heterocycles. The van der Waals surface area contributed by atoms with Gasteiger partial charge in [0.05, 0.1) is 0 Å². The fourth-order valence-corrected chi connectivity index (χ4v) is 1.08. The third-order valence-corrected chi connectivity index (χ3v) is 1.89. The minimum atomic E-state index is -0.715. The number of nitriles is 1. The molecule has 0 spiro atoms. The summed E-state index contributed by atoms with van der Waals surface area (Å²) in [5.74, 6) is -0.687. The molecule has 18 heavy (non-hydrogen) atoms. The van der Waals surface area contributed by atoms with Gasteiger partial charge in [-0.3, -0.25) is 4.79 Å². The Hall–Kier alpha value is -2.55. The van der Waals surface area contributed by atoms with Gasteiger partial charge < -0.3 is 14.8 Å². The van der Waals surface area contributed by atoms with E-state index >= 15 is 0 Å². The van der Waals surface area contributed by atoms with Gasteiger partial charge in [-0.15, -0.1) is 0 Å². The molecule has 1 amide bonds. The molecule has 0 atom stereocenters. The summed E-state index contributed by atoms with van der Waals surface area (Å²) in [5, 5.41) is 10.4. The van der Waals surface area contributed by atoms with Crippen LogP contribution in [-0.4, -0.2) is 25.2 Å². The first kappa shape index (κ1) is 13.5. The zero-order valence-electron chi connectivity index (χ0n) is 9.59. The molecule has 0 saturated carbocycles. The van der Waals surface area contributed by atoms with E-state index in [-0.39, 0.29) is 19.8 Å². The first-order valence-electron chi connectivity index (χ1n) is 5.19. The lowest BCUT2D eigenvalue weighted by molar-refractivity contribution is -0.141. The zero-order chi connectivity index (χ0) is 13.2. The van der Waals surface area contributed by atoms with E-state index in [9.17, 15) is 9.59 Å². The molecule has 0 aromatic heterocycles. The number of nitrogens with zero attached hydrogens (tertiary/aromatic N) is 1. The number of hydrogen-bond donors (Lipinski definition) is 1. The van der Waals surface area contributed by atoms with E-state index in [0.29, 0.717) is 0 Å². The number of ether oxygens (including phenoxy) is 2. The maximum absolute atomic E-state index is 11.2. The highest BCUT2D eigenvalue weighted by atomic mass is 16.6. The summed E-state index contributed by atoms with van der Waals surface area (Å²) < 4.78 is 9.29. The van der Waals surface area contributed by atoms with Crippen LogP contribution in [0.1, 0.15) is 5.56 Å². The molecular weight excluding hydrogens is 236 g/mol. The fraction of sp³-hybridized carbons (Fsp3) is 0.250. The second-order valence-corrected chi connectivity index (χ2v) is 3.23. The summed E-state index contributed by atoms with van der Waals surface area (Å²) in [5.41, 5.74) is 0.847. The van der Waals surface area contributed by atoms with Gasteiger partial charge in [-0.05, 0) is 5.56 Å². The van der Waals surface area contributed by atoms with E-state index in [4.69, 9.17) is 10.00 Å². The predicted molar refractivity (Wildman–Crippen MR) is 61.2 cm³/mol. The van der Waals surface area contributed by atoms with Gasteiger partial charge in [-0.25, -0.2) is 4.79 Å². The van der Waals surface area contributed by atoms with Crippen molar-refractivity contribution in [3.63, 3.8) is 0 Å². The number of hydrogen-bond acceptors (Lipinski definition) is 5. The third-order valence-electron chi connectivity index (χ3n) is 1.89. The van der Waals surface area contributed by atoms with Crippen molar-refractivity contribution in [3.05, 3.63) is 35.9 Å². The van der Waals surface area contributed by atoms with Gasteiger partial charge in [0.15, 0.2) is 6.61 Å². The Morgan fingerprint density at radius 2 is 1.94 bits per heavy atom. The van der Waals surface area contributed by atoms with Crippen LogP contribution >= 0.6 is 0 Å². The molecule has 94 valence electrons. The number of esters is 1. The highest BCUT2D eigenvalue weighted by Gasteiger charge is 2.07. The molecule has 0 radical (unpaired) electrons. The molecule has 6 heteroatoms. The van der Waals surface area contributed by atoms with Crippen LogP contribution < -0.4 is 5.32 Å². The molecule has 1 aromatic carbocycles. The molecule has 0 heterocycles. The highest BCUT2D eigenvalue weighted by molar-refractivity contribution is 5.77. The van der Waals surface area contributed by atoms with Crippen molar-refractivity contribution in [3.8, 4) is 6.07 Å². The molecule has 1 aromatic rings. The van der Waals surface area contributed by atoms with Crippen molar-refractivity contribution in [1.29, 1.82) is 5.26 Å². The summed E-state index contributed by atoms with van der Waals surface area (Å²) in [6, 6.07) is 10.8. The van der Waals surface area contributed by atoms with E-state index in [2.05, 4.69) is 10.1 Å². The van der Waals surface area contributed by atoms with Crippen LogP contribution in [0.25, 0.3) is 0 Å². The Morgan fingerprint density at radius 3 is 2.61 bits per heavy atom. The monoisotopic (exact) mass is 248 g/mol. The molecule has 0 unspecified atom stereocenters. The number of benzene rings is 1. The van der Waals surface area contributed by atoms with E-state index < -0.39 is 12.1 Å². The molecule has 0 saturated heterocycles. The smallest absolute Gasteiger partial charge is 0.407 e. The minimum Gasteiger partial charge on any atom is -0.449 e. The third kappa shape index (κ3) is 5.51. The van der Waals surface area contributed by atoms with Gasteiger partial charge in [0.2, 0.25) is 0 Å². The van der Waals surface area contributed by atoms with Crippen LogP contribution in [0.2, 0.25) is 0 Å². The fourth-order valence-electron chi connectivity index (χ4n) is 1.08. The van der Waals surface area contributed by atoms with Gasteiger partial charge in [0.25, 0.3) is 0 Å². The van der Waals surface area contributed by atoms with E-state index in [1.165, 1.54) is 0 Å². The van der Waals surface area contributed by atoms with E-state index in [1.54, 1.807) is 6.07 Å². The van der Waals surface area contributed by atoms with E-state index in [0.717, 1.165) is 5.56 Å². The average Bonchev–Trinajstić information content (AvgIpc) is 2.41. The van der Waals surface area contributed by atoms with Gasteiger partial charge in [0.1, 0.15) is 19.2 Å². The van der Waals surface area contributed by atoms with Crippen LogP contribution in [0, 0.1) is 11.3 Å². The summed E-state index contributed by atoms with van der Waals surface area (Å²) >= 11 is 0. The largest absolute Gasteiger partial charge is 0.449 e. The van der Waals surface area contributed by atoms with Crippen molar-refractivity contribution in [2.24, 2.45) is 0 Å². The normalized spacial score (nSPS) is 9.06. The first-order chi connectivity index (χ1) is 8.72. The van der Waals surface area contributed by atoms with Gasteiger partial charge in [0, 0.05) is 0 Å². The molecule has 0 aliphatic rings. The summed E-state index contributed by atoms with van der Waals surface area (Å²) in [7, 11) is 0. The lowest BCUT2D eigenvalue weighted by Gasteiger charge is -2.06.